The molecule has 0 spiro atoms. The molecule has 1 aliphatic heterocycles. The lowest BCUT2D eigenvalue weighted by Crippen LogP contribution is -2.41. The molecule has 25 heavy (non-hydrogen) atoms. The molecular formula is C16H23BrFN3O3S. The highest BCUT2D eigenvalue weighted by Gasteiger charge is 2.21. The number of nitrogens with one attached hydrogen (secondary N) is 2. The summed E-state index contributed by atoms with van der Waals surface area (Å²) < 4.78 is 39.2. The molecule has 2 N–H and O–H groups in total. The van der Waals surface area contributed by atoms with Crippen LogP contribution in [0.4, 0.5) is 10.1 Å². The van der Waals surface area contributed by atoms with Crippen molar-refractivity contribution in [3.8, 4) is 0 Å². The van der Waals surface area contributed by atoms with Gasteiger partial charge in [0.2, 0.25) is 15.9 Å². The molecule has 0 aliphatic carbocycles. The van der Waals surface area contributed by atoms with Gasteiger partial charge in [-0.1, -0.05) is 15.9 Å². The van der Waals surface area contributed by atoms with Crippen LogP contribution in [0.2, 0.25) is 0 Å². The molecule has 1 aliphatic rings. The Morgan fingerprint density at radius 1 is 1.44 bits per heavy atom. The Labute approximate surface area is 156 Å². The van der Waals surface area contributed by atoms with Crippen molar-refractivity contribution >= 4 is 37.5 Å². The van der Waals surface area contributed by atoms with Crippen molar-refractivity contribution in [3.05, 3.63) is 28.5 Å². The number of carbonyl (C=O) groups excluding carboxylic acids is 1. The number of hydrogen-bond acceptors (Lipinski definition) is 4. The lowest BCUT2D eigenvalue weighted by atomic mass is 9.98. The van der Waals surface area contributed by atoms with Gasteiger partial charge in [0.05, 0.1) is 11.9 Å². The van der Waals surface area contributed by atoms with Crippen molar-refractivity contribution in [2.24, 2.45) is 5.92 Å². The summed E-state index contributed by atoms with van der Waals surface area (Å²) in [6.45, 7) is 2.63. The largest absolute Gasteiger partial charge is 0.324 e. The van der Waals surface area contributed by atoms with Crippen LogP contribution in [0.3, 0.4) is 0 Å². The number of benzene rings is 1. The van der Waals surface area contributed by atoms with Crippen LogP contribution < -0.4 is 10.0 Å². The van der Waals surface area contributed by atoms with E-state index in [2.05, 4.69) is 30.9 Å². The highest BCUT2D eigenvalue weighted by molar-refractivity contribution is 9.10. The van der Waals surface area contributed by atoms with Crippen LogP contribution in [-0.4, -0.2) is 51.7 Å². The first-order valence-electron chi connectivity index (χ1n) is 8.15. The fourth-order valence-electron chi connectivity index (χ4n) is 2.85. The zero-order chi connectivity index (χ0) is 18.4. The zero-order valence-electron chi connectivity index (χ0n) is 14.1. The van der Waals surface area contributed by atoms with Gasteiger partial charge in [-0.15, -0.1) is 0 Å². The van der Waals surface area contributed by atoms with Crippen LogP contribution >= 0.6 is 15.9 Å². The van der Waals surface area contributed by atoms with Gasteiger partial charge in [-0.3, -0.25) is 4.79 Å². The van der Waals surface area contributed by atoms with Crippen LogP contribution in [0.15, 0.2) is 22.7 Å². The van der Waals surface area contributed by atoms with Gasteiger partial charge < -0.3 is 10.2 Å². The molecule has 1 amide bonds. The number of sulfonamides is 1. The van der Waals surface area contributed by atoms with Crippen LogP contribution in [0.25, 0.3) is 0 Å². The minimum Gasteiger partial charge on any atom is -0.324 e. The highest BCUT2D eigenvalue weighted by Crippen LogP contribution is 2.20. The lowest BCUT2D eigenvalue weighted by molar-refractivity contribution is -0.116. The lowest BCUT2D eigenvalue weighted by Gasteiger charge is -2.32. The minimum absolute atomic E-state index is 0.169. The molecule has 1 aromatic rings. The van der Waals surface area contributed by atoms with Gasteiger partial charge in [-0.25, -0.2) is 17.5 Å². The number of halogens is 2. The third-order valence-electron chi connectivity index (χ3n) is 4.10. The van der Waals surface area contributed by atoms with Crippen molar-refractivity contribution in [2.45, 2.75) is 19.3 Å². The summed E-state index contributed by atoms with van der Waals surface area (Å²) in [6.07, 6.45) is 3.36. The average molecular weight is 436 g/mol. The maximum absolute atomic E-state index is 13.7. The van der Waals surface area contributed by atoms with E-state index in [9.17, 15) is 17.6 Å². The maximum Gasteiger partial charge on any atom is 0.225 e. The van der Waals surface area contributed by atoms with Gasteiger partial charge in [0.25, 0.3) is 0 Å². The minimum atomic E-state index is -3.18. The van der Waals surface area contributed by atoms with Gasteiger partial charge in [0.1, 0.15) is 5.82 Å². The Kier molecular flexibility index (Phi) is 7.36. The highest BCUT2D eigenvalue weighted by atomic mass is 79.9. The second-order valence-electron chi connectivity index (χ2n) is 6.35. The molecule has 1 atom stereocenters. The molecule has 1 aromatic carbocycles. The van der Waals surface area contributed by atoms with E-state index in [1.807, 2.05) is 0 Å². The third kappa shape index (κ3) is 7.39. The Hall–Kier alpha value is -1.03. The summed E-state index contributed by atoms with van der Waals surface area (Å²) >= 11 is 3.17. The van der Waals surface area contributed by atoms with Crippen LogP contribution in [-0.2, 0) is 14.8 Å². The molecular weight excluding hydrogens is 413 g/mol. The van der Waals surface area contributed by atoms with Crippen molar-refractivity contribution in [1.29, 1.82) is 0 Å². The summed E-state index contributed by atoms with van der Waals surface area (Å²) in [6, 6.07) is 4.49. The molecule has 1 saturated heterocycles. The second kappa shape index (κ2) is 9.07. The van der Waals surface area contributed by atoms with Crippen molar-refractivity contribution in [1.82, 2.24) is 9.62 Å². The predicted octanol–water partition coefficient (Wildman–Crippen LogP) is 2.18. The third-order valence-corrected chi connectivity index (χ3v) is 5.28. The molecule has 1 fully saturated rings. The van der Waals surface area contributed by atoms with Crippen molar-refractivity contribution in [3.63, 3.8) is 0 Å². The van der Waals surface area contributed by atoms with E-state index >= 15 is 0 Å². The quantitative estimate of drug-likeness (QED) is 0.687. The number of piperidine rings is 1. The summed E-state index contributed by atoms with van der Waals surface area (Å²) in [4.78, 5) is 14.2. The van der Waals surface area contributed by atoms with E-state index in [0.717, 1.165) is 32.2 Å². The van der Waals surface area contributed by atoms with E-state index in [4.69, 9.17) is 0 Å². The first-order valence-corrected chi connectivity index (χ1v) is 10.8. The number of hydrogen-bond donors (Lipinski definition) is 2. The molecule has 0 bridgehead atoms. The Bertz CT molecular complexity index is 715. The van der Waals surface area contributed by atoms with Crippen LogP contribution in [0, 0.1) is 11.7 Å². The second-order valence-corrected chi connectivity index (χ2v) is 9.10. The first kappa shape index (κ1) is 20.3. The molecule has 1 heterocycles. The standard InChI is InChI=1S/C16H23BrFN3O3S/c1-25(23,24)19-10-12-3-2-7-21(11-12)8-6-16(22)20-15-5-4-13(17)9-14(15)18/h4-5,9,12,19H,2-3,6-8,10-11H2,1H3,(H,20,22). The number of likely N-dealkylation sites (tertiary alicyclic amines) is 1. The van der Waals surface area contributed by atoms with Crippen LogP contribution in [0.1, 0.15) is 19.3 Å². The number of carbonyl (C=O) groups is 1. The molecule has 0 aromatic heterocycles. The zero-order valence-corrected chi connectivity index (χ0v) is 16.5. The van der Waals surface area contributed by atoms with E-state index in [0.29, 0.717) is 17.6 Å². The van der Waals surface area contributed by atoms with Gasteiger partial charge in [-0.05, 0) is 43.5 Å². The van der Waals surface area contributed by atoms with Gasteiger partial charge in [-0.2, -0.15) is 0 Å². The molecule has 2 rings (SSSR count). The molecule has 140 valence electrons. The van der Waals surface area contributed by atoms with Crippen molar-refractivity contribution in [2.75, 3.05) is 37.8 Å². The van der Waals surface area contributed by atoms with E-state index in [1.54, 1.807) is 6.07 Å². The van der Waals surface area contributed by atoms with E-state index in [1.165, 1.54) is 12.1 Å². The SMILES string of the molecule is CS(=O)(=O)NCC1CCCN(CCC(=O)Nc2ccc(Br)cc2F)C1. The van der Waals surface area contributed by atoms with Crippen LogP contribution in [0.5, 0.6) is 0 Å². The molecule has 9 heteroatoms. The van der Waals surface area contributed by atoms with Gasteiger partial charge in [0.15, 0.2) is 0 Å². The monoisotopic (exact) mass is 435 g/mol. The smallest absolute Gasteiger partial charge is 0.225 e. The van der Waals surface area contributed by atoms with Gasteiger partial charge in [0, 0.05) is 30.5 Å². The van der Waals surface area contributed by atoms with Gasteiger partial charge >= 0.3 is 0 Å². The van der Waals surface area contributed by atoms with E-state index < -0.39 is 15.8 Å². The predicted molar refractivity (Wildman–Crippen MR) is 99.4 cm³/mol. The maximum atomic E-state index is 13.7. The summed E-state index contributed by atoms with van der Waals surface area (Å²) in [5, 5.41) is 2.58. The normalized spacial score (nSPS) is 18.9. The Balaban J connectivity index is 1.77. The summed E-state index contributed by atoms with van der Waals surface area (Å²) in [7, 11) is -3.18. The fourth-order valence-corrected chi connectivity index (χ4v) is 3.73. The van der Waals surface area contributed by atoms with E-state index in [-0.39, 0.29) is 23.9 Å². The van der Waals surface area contributed by atoms with Crippen molar-refractivity contribution < 1.29 is 17.6 Å². The number of anilines is 1. The molecule has 1 unspecified atom stereocenters. The summed E-state index contributed by atoms with van der Waals surface area (Å²) in [5.74, 6) is -0.472. The molecule has 0 radical (unpaired) electrons. The average Bonchev–Trinajstić information content (AvgIpc) is 2.53. The first-order chi connectivity index (χ1) is 11.7. The molecule has 0 saturated carbocycles. The number of nitrogens with zero attached hydrogens (tertiary/aromatic N) is 1. The Morgan fingerprint density at radius 2 is 2.20 bits per heavy atom. The fraction of sp³-hybridized carbons (Fsp3) is 0.562. The molecule has 6 nitrogen and oxygen atoms in total. The number of amides is 1. The number of rotatable bonds is 7. The topological polar surface area (TPSA) is 78.5 Å². The Morgan fingerprint density at radius 3 is 2.88 bits per heavy atom. The summed E-state index contributed by atoms with van der Waals surface area (Å²) in [5.41, 5.74) is 0.169.